The molecule has 0 unspecified atom stereocenters. The molecule has 2 aromatic heterocycles. The Bertz CT molecular complexity index is 855. The Morgan fingerprint density at radius 2 is 2.16 bits per heavy atom. The molecule has 0 radical (unpaired) electrons. The fraction of sp³-hybridized carbons (Fsp3) is 0.647. The predicted octanol–water partition coefficient (Wildman–Crippen LogP) is 1.77. The van der Waals surface area contributed by atoms with Crippen LogP contribution in [0.5, 0.6) is 0 Å². The normalized spacial score (nSPS) is 20.5. The van der Waals surface area contributed by atoms with Gasteiger partial charge >= 0.3 is 0 Å². The summed E-state index contributed by atoms with van der Waals surface area (Å²) in [5, 5.41) is 4.18. The summed E-state index contributed by atoms with van der Waals surface area (Å²) in [5.41, 5.74) is 1.92. The van der Waals surface area contributed by atoms with Gasteiger partial charge in [-0.2, -0.15) is 4.31 Å². The molecular formula is C17H24N4O3S. The van der Waals surface area contributed by atoms with Crippen LogP contribution in [-0.4, -0.2) is 40.2 Å². The van der Waals surface area contributed by atoms with Crippen molar-refractivity contribution in [3.8, 4) is 0 Å². The molecule has 0 saturated heterocycles. The summed E-state index contributed by atoms with van der Waals surface area (Å²) in [7, 11) is -3.30. The zero-order valence-corrected chi connectivity index (χ0v) is 15.3. The van der Waals surface area contributed by atoms with E-state index in [2.05, 4.69) is 14.7 Å². The van der Waals surface area contributed by atoms with E-state index >= 15 is 0 Å². The topological polar surface area (TPSA) is 81.2 Å². The molecule has 2 aliphatic rings. The Labute approximate surface area is 148 Å². The van der Waals surface area contributed by atoms with Crippen molar-refractivity contribution in [3.05, 3.63) is 35.2 Å². The Balaban J connectivity index is 1.51. The molecular weight excluding hydrogens is 340 g/mol. The van der Waals surface area contributed by atoms with Gasteiger partial charge in [0.15, 0.2) is 0 Å². The fourth-order valence-electron chi connectivity index (χ4n) is 3.93. The molecule has 4 rings (SSSR count). The number of imidazole rings is 1. The summed E-state index contributed by atoms with van der Waals surface area (Å²) in [5.74, 6) is 2.32. The molecule has 1 atom stereocenters. The maximum Gasteiger partial charge on any atom is 0.211 e. The molecule has 0 aromatic carbocycles. The Kier molecular flexibility index (Phi) is 4.41. The van der Waals surface area contributed by atoms with E-state index in [1.807, 2.05) is 12.4 Å². The van der Waals surface area contributed by atoms with E-state index in [0.717, 1.165) is 67.9 Å². The number of sulfonamides is 1. The van der Waals surface area contributed by atoms with E-state index in [-0.39, 0.29) is 0 Å². The Morgan fingerprint density at radius 3 is 3.00 bits per heavy atom. The van der Waals surface area contributed by atoms with Crippen molar-refractivity contribution in [1.82, 2.24) is 19.0 Å². The van der Waals surface area contributed by atoms with Crippen LogP contribution in [-0.2, 0) is 42.4 Å². The fourth-order valence-corrected chi connectivity index (χ4v) is 4.77. The largest absolute Gasteiger partial charge is 0.361 e. The second-order valence-corrected chi connectivity index (χ2v) is 9.18. The van der Waals surface area contributed by atoms with Gasteiger partial charge in [-0.05, 0) is 31.6 Å². The highest BCUT2D eigenvalue weighted by Gasteiger charge is 2.28. The van der Waals surface area contributed by atoms with E-state index < -0.39 is 10.0 Å². The number of fused-ring (bicyclic) bond motifs is 2. The molecule has 25 heavy (non-hydrogen) atoms. The number of hydrogen-bond acceptors (Lipinski definition) is 5. The van der Waals surface area contributed by atoms with Crippen LogP contribution in [0.4, 0.5) is 0 Å². The van der Waals surface area contributed by atoms with Crippen LogP contribution in [0.25, 0.3) is 0 Å². The van der Waals surface area contributed by atoms with Crippen LogP contribution in [0.3, 0.4) is 0 Å². The van der Waals surface area contributed by atoms with Crippen LogP contribution in [0, 0.1) is 5.92 Å². The average molecular weight is 364 g/mol. The molecule has 0 N–H and O–H groups in total. The Hall–Kier alpha value is -1.67. The number of aryl methyl sites for hydroxylation is 2. The van der Waals surface area contributed by atoms with Gasteiger partial charge in [0.25, 0.3) is 0 Å². The molecule has 8 heteroatoms. The molecule has 136 valence electrons. The van der Waals surface area contributed by atoms with Gasteiger partial charge in [-0.3, -0.25) is 0 Å². The standard InChI is InChI=1S/C17H24N4O3S/c1-25(22,23)21(11-13-6-7-17-18-8-9-20(17)10-13)12-15-14-4-2-3-5-16(14)24-19-15/h8-9,13H,2-7,10-12H2,1H3/t13-/m1/s1. The summed E-state index contributed by atoms with van der Waals surface area (Å²) in [4.78, 5) is 4.34. The lowest BCUT2D eigenvalue weighted by molar-refractivity contribution is 0.273. The highest BCUT2D eigenvalue weighted by Crippen LogP contribution is 2.27. The number of hydrogen-bond donors (Lipinski definition) is 0. The summed E-state index contributed by atoms with van der Waals surface area (Å²) < 4.78 is 33.8. The van der Waals surface area contributed by atoms with Crippen LogP contribution in [0.1, 0.15) is 42.1 Å². The van der Waals surface area contributed by atoms with Crippen molar-refractivity contribution in [1.29, 1.82) is 0 Å². The van der Waals surface area contributed by atoms with E-state index in [0.29, 0.717) is 19.0 Å². The van der Waals surface area contributed by atoms with Gasteiger partial charge in [0.1, 0.15) is 17.3 Å². The van der Waals surface area contributed by atoms with Gasteiger partial charge in [0, 0.05) is 43.9 Å². The molecule has 0 fully saturated rings. The molecule has 3 heterocycles. The second-order valence-electron chi connectivity index (χ2n) is 7.19. The van der Waals surface area contributed by atoms with Gasteiger partial charge in [-0.1, -0.05) is 5.16 Å². The summed E-state index contributed by atoms with van der Waals surface area (Å²) >= 11 is 0. The second kappa shape index (κ2) is 6.57. The van der Waals surface area contributed by atoms with Crippen molar-refractivity contribution in [3.63, 3.8) is 0 Å². The lowest BCUT2D eigenvalue weighted by Crippen LogP contribution is -2.37. The first-order valence-corrected chi connectivity index (χ1v) is 10.8. The quantitative estimate of drug-likeness (QED) is 0.808. The molecule has 1 aliphatic carbocycles. The molecule has 0 saturated carbocycles. The third-order valence-corrected chi connectivity index (χ3v) is 6.54. The van der Waals surface area contributed by atoms with Gasteiger partial charge < -0.3 is 9.09 Å². The first-order valence-electron chi connectivity index (χ1n) is 8.92. The Morgan fingerprint density at radius 1 is 1.32 bits per heavy atom. The lowest BCUT2D eigenvalue weighted by atomic mass is 9.96. The maximum absolute atomic E-state index is 12.3. The maximum atomic E-state index is 12.3. The highest BCUT2D eigenvalue weighted by molar-refractivity contribution is 7.88. The molecule has 0 spiro atoms. The first-order chi connectivity index (χ1) is 12.0. The minimum absolute atomic E-state index is 0.291. The summed E-state index contributed by atoms with van der Waals surface area (Å²) in [6.07, 6.45) is 11.0. The number of nitrogens with zero attached hydrogens (tertiary/aromatic N) is 4. The van der Waals surface area contributed by atoms with Crippen molar-refractivity contribution in [2.24, 2.45) is 5.92 Å². The average Bonchev–Trinajstić information content (AvgIpc) is 3.20. The SMILES string of the molecule is CS(=O)(=O)N(Cc1noc2c1CCCC2)C[C@@H]1CCc2nccn2C1. The first kappa shape index (κ1) is 16.8. The molecule has 2 aromatic rings. The smallest absolute Gasteiger partial charge is 0.211 e. The zero-order chi connectivity index (χ0) is 17.4. The zero-order valence-electron chi connectivity index (χ0n) is 14.5. The monoisotopic (exact) mass is 364 g/mol. The summed E-state index contributed by atoms with van der Waals surface area (Å²) in [6.45, 7) is 1.64. The van der Waals surface area contributed by atoms with Crippen LogP contribution in [0.2, 0.25) is 0 Å². The van der Waals surface area contributed by atoms with Crippen molar-refractivity contribution >= 4 is 10.0 Å². The van der Waals surface area contributed by atoms with Gasteiger partial charge in [-0.15, -0.1) is 0 Å². The van der Waals surface area contributed by atoms with Crippen LogP contribution >= 0.6 is 0 Å². The molecule has 7 nitrogen and oxygen atoms in total. The van der Waals surface area contributed by atoms with Crippen molar-refractivity contribution < 1.29 is 12.9 Å². The van der Waals surface area contributed by atoms with E-state index in [1.54, 1.807) is 4.31 Å². The van der Waals surface area contributed by atoms with Crippen LogP contribution in [0.15, 0.2) is 16.9 Å². The third-order valence-electron chi connectivity index (χ3n) is 5.32. The van der Waals surface area contributed by atoms with E-state index in [1.165, 1.54) is 6.26 Å². The minimum atomic E-state index is -3.30. The van der Waals surface area contributed by atoms with Gasteiger partial charge in [0.2, 0.25) is 10.0 Å². The number of rotatable bonds is 5. The molecule has 0 bridgehead atoms. The van der Waals surface area contributed by atoms with Crippen molar-refractivity contribution in [2.75, 3.05) is 12.8 Å². The predicted molar refractivity (Wildman–Crippen MR) is 92.4 cm³/mol. The third kappa shape index (κ3) is 3.50. The highest BCUT2D eigenvalue weighted by atomic mass is 32.2. The van der Waals surface area contributed by atoms with Gasteiger partial charge in [0.05, 0.1) is 12.8 Å². The van der Waals surface area contributed by atoms with Gasteiger partial charge in [-0.25, -0.2) is 13.4 Å². The van der Waals surface area contributed by atoms with Crippen LogP contribution < -0.4 is 0 Å². The van der Waals surface area contributed by atoms with E-state index in [4.69, 9.17) is 4.52 Å². The molecule has 1 aliphatic heterocycles. The van der Waals surface area contributed by atoms with Crippen molar-refractivity contribution in [2.45, 2.75) is 51.6 Å². The lowest BCUT2D eigenvalue weighted by Gasteiger charge is -2.29. The van der Waals surface area contributed by atoms with E-state index in [9.17, 15) is 8.42 Å². The summed E-state index contributed by atoms with van der Waals surface area (Å²) in [6, 6.07) is 0. The minimum Gasteiger partial charge on any atom is -0.361 e. The molecule has 0 amide bonds. The number of aromatic nitrogens is 3.